The first kappa shape index (κ1) is 8.28. The molecule has 0 aromatic heterocycles. The molecule has 1 N–H and O–H groups in total. The van der Waals surface area contributed by atoms with Crippen molar-refractivity contribution in [2.45, 2.75) is 6.42 Å². The second kappa shape index (κ2) is 3.54. The number of Topliss-reactive ketones (excluding diaryl/α,β-unsaturated/α-hetero) is 1. The fourth-order valence-corrected chi connectivity index (χ4v) is 0.876. The summed E-state index contributed by atoms with van der Waals surface area (Å²) >= 11 is 0. The predicted molar refractivity (Wildman–Crippen MR) is 42.7 cm³/mol. The van der Waals surface area contributed by atoms with E-state index in [0.29, 0.717) is 0 Å². The van der Waals surface area contributed by atoms with Gasteiger partial charge in [0, 0.05) is 0 Å². The maximum absolute atomic E-state index is 11.1. The maximum atomic E-state index is 11.1. The molecule has 0 aliphatic carbocycles. The summed E-state index contributed by atoms with van der Waals surface area (Å²) in [4.78, 5) is 11.1. The quantitative estimate of drug-likeness (QED) is 0.668. The van der Waals surface area contributed by atoms with Crippen LogP contribution >= 0.6 is 0 Å². The van der Waals surface area contributed by atoms with Gasteiger partial charge in [0.2, 0.25) is 0 Å². The normalized spacial score (nSPS) is 8.92. The lowest BCUT2D eigenvalue weighted by Crippen LogP contribution is -1.96. The first-order valence-electron chi connectivity index (χ1n) is 3.44. The molecule has 0 heterocycles. The molecule has 1 aromatic rings. The van der Waals surface area contributed by atoms with E-state index >= 15 is 0 Å². The second-order valence-electron chi connectivity index (χ2n) is 2.28. The molecule has 0 fully saturated rings. The van der Waals surface area contributed by atoms with Crippen molar-refractivity contribution in [3.8, 4) is 11.8 Å². The third kappa shape index (κ3) is 1.61. The summed E-state index contributed by atoms with van der Waals surface area (Å²) in [5, 5.41) is 17.4. The number of phenolic OH excluding ortho intramolecular Hbond substituents is 1. The standard InChI is InChI=1S/C9H7NO2/c10-6-5-9(12)7-3-1-2-4-8(7)11/h1-4,11H,5H2. The number of phenols is 1. The molecule has 12 heavy (non-hydrogen) atoms. The van der Waals surface area contributed by atoms with Gasteiger partial charge in [-0.1, -0.05) is 12.1 Å². The van der Waals surface area contributed by atoms with E-state index in [-0.39, 0.29) is 23.5 Å². The topological polar surface area (TPSA) is 61.1 Å². The Morgan fingerprint density at radius 2 is 2.17 bits per heavy atom. The number of aromatic hydroxyl groups is 1. The number of rotatable bonds is 2. The molecule has 0 aliphatic rings. The van der Waals surface area contributed by atoms with Crippen molar-refractivity contribution >= 4 is 5.78 Å². The van der Waals surface area contributed by atoms with Crippen molar-refractivity contribution < 1.29 is 9.90 Å². The zero-order valence-electron chi connectivity index (χ0n) is 6.32. The summed E-state index contributed by atoms with van der Waals surface area (Å²) in [6.07, 6.45) is -0.197. The molecule has 3 nitrogen and oxygen atoms in total. The van der Waals surface area contributed by atoms with Gasteiger partial charge >= 0.3 is 0 Å². The smallest absolute Gasteiger partial charge is 0.180 e. The Balaban J connectivity index is 2.97. The SMILES string of the molecule is N#CCC(=O)c1ccccc1O. The molecule has 1 aromatic carbocycles. The molecule has 0 saturated heterocycles. The van der Waals surface area contributed by atoms with Crippen LogP contribution in [0.1, 0.15) is 16.8 Å². The summed E-state index contributed by atoms with van der Waals surface area (Å²) < 4.78 is 0. The molecule has 0 aliphatic heterocycles. The van der Waals surface area contributed by atoms with Gasteiger partial charge < -0.3 is 5.11 Å². The van der Waals surface area contributed by atoms with E-state index in [1.165, 1.54) is 12.1 Å². The average Bonchev–Trinajstić information content (AvgIpc) is 2.05. The first-order chi connectivity index (χ1) is 5.75. The molecule has 3 heteroatoms. The number of hydrogen-bond donors (Lipinski definition) is 1. The fraction of sp³-hybridized carbons (Fsp3) is 0.111. The number of nitrogens with zero attached hydrogens (tertiary/aromatic N) is 1. The van der Waals surface area contributed by atoms with E-state index < -0.39 is 0 Å². The summed E-state index contributed by atoms with van der Waals surface area (Å²) in [7, 11) is 0. The third-order valence-corrected chi connectivity index (χ3v) is 1.44. The highest BCUT2D eigenvalue weighted by atomic mass is 16.3. The third-order valence-electron chi connectivity index (χ3n) is 1.44. The molecule has 0 bridgehead atoms. The number of carbonyl (C=O) groups is 1. The van der Waals surface area contributed by atoms with Gasteiger partial charge in [-0.05, 0) is 12.1 Å². The molecular weight excluding hydrogens is 154 g/mol. The van der Waals surface area contributed by atoms with Crippen LogP contribution in [0, 0.1) is 11.3 Å². The predicted octanol–water partition coefficient (Wildman–Crippen LogP) is 1.49. The second-order valence-corrected chi connectivity index (χ2v) is 2.28. The van der Waals surface area contributed by atoms with Crippen molar-refractivity contribution in [2.75, 3.05) is 0 Å². The maximum Gasteiger partial charge on any atom is 0.180 e. The highest BCUT2D eigenvalue weighted by Crippen LogP contribution is 2.16. The Morgan fingerprint density at radius 3 is 2.75 bits per heavy atom. The van der Waals surface area contributed by atoms with Crippen molar-refractivity contribution in [2.24, 2.45) is 0 Å². The van der Waals surface area contributed by atoms with Gasteiger partial charge in [0.05, 0.1) is 18.1 Å². The van der Waals surface area contributed by atoms with Crippen LogP contribution in [0.3, 0.4) is 0 Å². The van der Waals surface area contributed by atoms with Gasteiger partial charge in [-0.3, -0.25) is 4.79 Å². The van der Waals surface area contributed by atoms with Crippen LogP contribution in [0.5, 0.6) is 5.75 Å². The lowest BCUT2D eigenvalue weighted by Gasteiger charge is -1.98. The van der Waals surface area contributed by atoms with Crippen molar-refractivity contribution in [1.82, 2.24) is 0 Å². The minimum Gasteiger partial charge on any atom is -0.507 e. The number of para-hydroxylation sites is 1. The van der Waals surface area contributed by atoms with Gasteiger partial charge in [-0.2, -0.15) is 5.26 Å². The van der Waals surface area contributed by atoms with E-state index in [1.807, 2.05) is 0 Å². The van der Waals surface area contributed by atoms with Crippen molar-refractivity contribution in [1.29, 1.82) is 5.26 Å². The summed E-state index contributed by atoms with van der Waals surface area (Å²) in [5.74, 6) is -0.423. The highest BCUT2D eigenvalue weighted by Gasteiger charge is 2.08. The lowest BCUT2D eigenvalue weighted by molar-refractivity contribution is 0.0995. The van der Waals surface area contributed by atoms with E-state index in [0.717, 1.165) is 0 Å². The Kier molecular flexibility index (Phi) is 2.44. The Labute approximate surface area is 69.9 Å². The molecular formula is C9H7NO2. The molecule has 0 radical (unpaired) electrons. The number of carbonyl (C=O) groups excluding carboxylic acids is 1. The van der Waals surface area contributed by atoms with Gasteiger partial charge in [-0.15, -0.1) is 0 Å². The van der Waals surface area contributed by atoms with E-state index in [1.54, 1.807) is 18.2 Å². The minimum absolute atomic E-state index is 0.0715. The molecule has 0 spiro atoms. The minimum atomic E-state index is -0.351. The Bertz CT molecular complexity index is 339. The van der Waals surface area contributed by atoms with Gasteiger partial charge in [0.25, 0.3) is 0 Å². The highest BCUT2D eigenvalue weighted by molar-refractivity contribution is 5.99. The molecule has 0 saturated carbocycles. The van der Waals surface area contributed by atoms with Gasteiger partial charge in [0.15, 0.2) is 5.78 Å². The zero-order valence-corrected chi connectivity index (χ0v) is 6.32. The van der Waals surface area contributed by atoms with Gasteiger partial charge in [-0.25, -0.2) is 0 Å². The summed E-state index contributed by atoms with van der Waals surface area (Å²) in [6.45, 7) is 0. The van der Waals surface area contributed by atoms with E-state index in [4.69, 9.17) is 5.26 Å². The first-order valence-corrected chi connectivity index (χ1v) is 3.44. The van der Waals surface area contributed by atoms with Crippen LogP contribution in [-0.4, -0.2) is 10.9 Å². The molecule has 0 amide bonds. The summed E-state index contributed by atoms with van der Waals surface area (Å²) in [6, 6.07) is 7.92. The van der Waals surface area contributed by atoms with Gasteiger partial charge in [0.1, 0.15) is 5.75 Å². The van der Waals surface area contributed by atoms with Crippen molar-refractivity contribution in [3.63, 3.8) is 0 Å². The number of nitriles is 1. The lowest BCUT2D eigenvalue weighted by atomic mass is 10.1. The van der Waals surface area contributed by atoms with Crippen LogP contribution in [0.25, 0.3) is 0 Å². The monoisotopic (exact) mass is 161 g/mol. The number of hydrogen-bond acceptors (Lipinski definition) is 3. The van der Waals surface area contributed by atoms with E-state index in [9.17, 15) is 9.90 Å². The summed E-state index contributed by atoms with van der Waals surface area (Å²) in [5.41, 5.74) is 0.207. The van der Waals surface area contributed by atoms with Crippen LogP contribution in [-0.2, 0) is 0 Å². The Morgan fingerprint density at radius 1 is 1.50 bits per heavy atom. The van der Waals surface area contributed by atoms with E-state index in [2.05, 4.69) is 0 Å². The Hall–Kier alpha value is -1.82. The van der Waals surface area contributed by atoms with Crippen LogP contribution in [0.4, 0.5) is 0 Å². The van der Waals surface area contributed by atoms with Crippen LogP contribution in [0.2, 0.25) is 0 Å². The zero-order chi connectivity index (χ0) is 8.97. The number of ketones is 1. The fourth-order valence-electron chi connectivity index (χ4n) is 0.876. The average molecular weight is 161 g/mol. The van der Waals surface area contributed by atoms with Crippen LogP contribution in [0.15, 0.2) is 24.3 Å². The molecule has 0 atom stereocenters. The van der Waals surface area contributed by atoms with Crippen molar-refractivity contribution in [3.05, 3.63) is 29.8 Å². The molecule has 1 rings (SSSR count). The molecule has 60 valence electrons. The molecule has 0 unspecified atom stereocenters. The largest absolute Gasteiger partial charge is 0.507 e. The number of benzene rings is 1. The van der Waals surface area contributed by atoms with Crippen LogP contribution < -0.4 is 0 Å².